The van der Waals surface area contributed by atoms with E-state index in [1.165, 1.54) is 57.8 Å². The lowest BCUT2D eigenvalue weighted by Gasteiger charge is -1.99. The first kappa shape index (κ1) is 16.3. The van der Waals surface area contributed by atoms with Gasteiger partial charge in [0.05, 0.1) is 0 Å². The van der Waals surface area contributed by atoms with Gasteiger partial charge in [-0.2, -0.15) is 0 Å². The molecule has 0 aliphatic rings. The van der Waals surface area contributed by atoms with Gasteiger partial charge in [-0.1, -0.05) is 70.6 Å². The molecule has 0 nitrogen and oxygen atoms in total. The Bertz CT molecular complexity index is 206. The molecule has 0 amide bonds. The van der Waals surface area contributed by atoms with E-state index in [0.29, 0.717) is 0 Å². The van der Waals surface area contributed by atoms with Crippen molar-refractivity contribution in [2.24, 2.45) is 0 Å². The average molecular weight is 234 g/mol. The lowest BCUT2D eigenvalue weighted by molar-refractivity contribution is 0.577. The molecule has 0 fully saturated rings. The van der Waals surface area contributed by atoms with Crippen LogP contribution in [-0.2, 0) is 0 Å². The maximum atomic E-state index is 3.55. The molecule has 0 saturated heterocycles. The first-order chi connectivity index (χ1) is 8.41. The van der Waals surface area contributed by atoms with Crippen LogP contribution in [0.1, 0.15) is 77.6 Å². The third kappa shape index (κ3) is 15.3. The fourth-order valence-electron chi connectivity index (χ4n) is 1.91. The second-order valence-corrected chi connectivity index (χ2v) is 4.72. The molecule has 17 heavy (non-hydrogen) atoms. The number of hydrogen-bond donors (Lipinski definition) is 0. The van der Waals surface area contributed by atoms with Crippen molar-refractivity contribution in [3.63, 3.8) is 0 Å². The molecular formula is C17H30. The highest BCUT2D eigenvalue weighted by Gasteiger charge is 1.90. The van der Waals surface area contributed by atoms with Gasteiger partial charge in [0.25, 0.3) is 0 Å². The third-order valence-corrected chi connectivity index (χ3v) is 3.01. The Balaban J connectivity index is 3.04. The lowest BCUT2D eigenvalue weighted by atomic mass is 10.1. The molecule has 0 bridgehead atoms. The van der Waals surface area contributed by atoms with Gasteiger partial charge in [0.15, 0.2) is 0 Å². The van der Waals surface area contributed by atoms with E-state index < -0.39 is 0 Å². The molecule has 0 aromatic carbocycles. The Morgan fingerprint density at radius 1 is 0.765 bits per heavy atom. The van der Waals surface area contributed by atoms with Crippen molar-refractivity contribution in [3.8, 4) is 0 Å². The summed E-state index contributed by atoms with van der Waals surface area (Å²) in [6, 6.07) is 0. The number of hydrogen-bond acceptors (Lipinski definition) is 0. The highest BCUT2D eigenvalue weighted by molar-refractivity contribution is 4.85. The number of rotatable bonds is 12. The van der Waals surface area contributed by atoms with E-state index in [2.05, 4.69) is 31.4 Å². The summed E-state index contributed by atoms with van der Waals surface area (Å²) >= 11 is 0. The maximum absolute atomic E-state index is 3.55. The third-order valence-electron chi connectivity index (χ3n) is 3.01. The minimum Gasteiger partial charge on any atom is -0.133 e. The first-order valence-electron chi connectivity index (χ1n) is 7.41. The van der Waals surface area contributed by atoms with Crippen LogP contribution in [0.4, 0.5) is 0 Å². The number of unbranched alkanes of at least 4 members (excludes halogenated alkanes) is 9. The number of allylic oxidation sites excluding steroid dienone is 3. The summed E-state index contributed by atoms with van der Waals surface area (Å²) in [4.78, 5) is 0. The fraction of sp³-hybridized carbons (Fsp3) is 0.706. The van der Waals surface area contributed by atoms with E-state index in [1.807, 2.05) is 6.08 Å². The van der Waals surface area contributed by atoms with Gasteiger partial charge in [-0.25, -0.2) is 0 Å². The highest BCUT2D eigenvalue weighted by Crippen LogP contribution is 2.09. The molecule has 0 saturated carbocycles. The molecular weight excluding hydrogens is 204 g/mol. The van der Waals surface area contributed by atoms with Crippen molar-refractivity contribution < 1.29 is 0 Å². The van der Waals surface area contributed by atoms with Crippen LogP contribution in [0.2, 0.25) is 0 Å². The smallest absolute Gasteiger partial charge is 0.0240 e. The summed E-state index contributed by atoms with van der Waals surface area (Å²) in [5.74, 6) is 0. The van der Waals surface area contributed by atoms with E-state index >= 15 is 0 Å². The molecule has 0 unspecified atom stereocenters. The van der Waals surface area contributed by atoms with Crippen LogP contribution >= 0.6 is 0 Å². The molecule has 0 heterocycles. The Morgan fingerprint density at radius 2 is 1.35 bits per heavy atom. The van der Waals surface area contributed by atoms with Gasteiger partial charge in [-0.05, 0) is 31.8 Å². The molecule has 0 aromatic heterocycles. The van der Waals surface area contributed by atoms with Crippen LogP contribution in [0.5, 0.6) is 0 Å². The second-order valence-electron chi connectivity index (χ2n) is 4.72. The van der Waals surface area contributed by atoms with Crippen molar-refractivity contribution in [2.75, 3.05) is 0 Å². The van der Waals surface area contributed by atoms with Crippen molar-refractivity contribution in [3.05, 3.63) is 30.5 Å². The van der Waals surface area contributed by atoms with E-state index in [-0.39, 0.29) is 0 Å². The predicted octanol–water partition coefficient (Wildman–Crippen LogP) is 6.19. The summed E-state index contributed by atoms with van der Waals surface area (Å²) in [6.45, 7) is 5.83. The Hall–Kier alpha value is -0.740. The molecule has 0 rings (SSSR count). The van der Waals surface area contributed by atoms with Gasteiger partial charge in [0.1, 0.15) is 0 Å². The van der Waals surface area contributed by atoms with Crippen LogP contribution in [0, 0.1) is 0 Å². The SMILES string of the molecule is C=C=CCC/C=C\CCCCCCCCCC. The van der Waals surface area contributed by atoms with Gasteiger partial charge in [0.2, 0.25) is 0 Å². The van der Waals surface area contributed by atoms with Crippen LogP contribution in [0.3, 0.4) is 0 Å². The molecule has 0 heteroatoms. The van der Waals surface area contributed by atoms with Crippen molar-refractivity contribution in [1.82, 2.24) is 0 Å². The van der Waals surface area contributed by atoms with Crippen LogP contribution in [0.25, 0.3) is 0 Å². The molecule has 0 atom stereocenters. The Morgan fingerprint density at radius 3 is 2.00 bits per heavy atom. The predicted molar refractivity (Wildman–Crippen MR) is 79.3 cm³/mol. The lowest BCUT2D eigenvalue weighted by Crippen LogP contribution is -1.79. The van der Waals surface area contributed by atoms with Gasteiger partial charge in [-0.15, -0.1) is 5.73 Å². The summed E-state index contributed by atoms with van der Waals surface area (Å²) < 4.78 is 0. The summed E-state index contributed by atoms with van der Waals surface area (Å²) in [5, 5.41) is 0. The zero-order valence-electron chi connectivity index (χ0n) is 11.7. The minimum absolute atomic E-state index is 1.08. The van der Waals surface area contributed by atoms with E-state index in [9.17, 15) is 0 Å². The summed E-state index contributed by atoms with van der Waals surface area (Å²) in [7, 11) is 0. The maximum Gasteiger partial charge on any atom is -0.0240 e. The van der Waals surface area contributed by atoms with Gasteiger partial charge in [-0.3, -0.25) is 0 Å². The first-order valence-corrected chi connectivity index (χ1v) is 7.41. The van der Waals surface area contributed by atoms with Crippen molar-refractivity contribution >= 4 is 0 Å². The average Bonchev–Trinajstić information content (AvgIpc) is 2.35. The van der Waals surface area contributed by atoms with Crippen LogP contribution in [-0.4, -0.2) is 0 Å². The minimum atomic E-state index is 1.08. The van der Waals surface area contributed by atoms with Gasteiger partial charge in [0, 0.05) is 0 Å². The quantitative estimate of drug-likeness (QED) is 0.214. The standard InChI is InChI=1S/C17H30/c1-3-5-7-9-11-13-15-17-16-14-12-10-8-6-4-2/h5,11,13H,1,4,6-10,12,14-17H2,2H3/b13-11-. The molecule has 0 N–H and O–H groups in total. The topological polar surface area (TPSA) is 0 Å². The van der Waals surface area contributed by atoms with Crippen molar-refractivity contribution in [2.45, 2.75) is 77.6 Å². The van der Waals surface area contributed by atoms with Gasteiger partial charge >= 0.3 is 0 Å². The molecule has 0 aliphatic heterocycles. The van der Waals surface area contributed by atoms with Crippen molar-refractivity contribution in [1.29, 1.82) is 0 Å². The molecule has 0 aromatic rings. The van der Waals surface area contributed by atoms with E-state index in [1.54, 1.807) is 0 Å². The molecule has 0 radical (unpaired) electrons. The summed E-state index contributed by atoms with van der Waals surface area (Å²) in [6.07, 6.45) is 21.4. The van der Waals surface area contributed by atoms with Crippen LogP contribution in [0.15, 0.2) is 30.5 Å². The van der Waals surface area contributed by atoms with Gasteiger partial charge < -0.3 is 0 Å². The highest BCUT2D eigenvalue weighted by atomic mass is 14.0. The summed E-state index contributed by atoms with van der Waals surface area (Å²) in [5.41, 5.74) is 2.80. The molecule has 0 spiro atoms. The Labute approximate surface area is 109 Å². The second kappa shape index (κ2) is 15.3. The van der Waals surface area contributed by atoms with Crippen LogP contribution < -0.4 is 0 Å². The van der Waals surface area contributed by atoms with E-state index in [4.69, 9.17) is 0 Å². The monoisotopic (exact) mass is 234 g/mol. The Kier molecular flexibility index (Phi) is 14.6. The molecule has 98 valence electrons. The fourth-order valence-corrected chi connectivity index (χ4v) is 1.91. The normalized spacial score (nSPS) is 10.6. The largest absolute Gasteiger partial charge is 0.133 e. The van der Waals surface area contributed by atoms with E-state index in [0.717, 1.165) is 12.8 Å². The zero-order chi connectivity index (χ0) is 12.6. The zero-order valence-corrected chi connectivity index (χ0v) is 11.7. The molecule has 0 aliphatic carbocycles.